The van der Waals surface area contributed by atoms with E-state index < -0.39 is 0 Å². The molecule has 1 heterocycles. The smallest absolute Gasteiger partial charge is 0.219 e. The first-order valence-electron chi connectivity index (χ1n) is 6.59. The van der Waals surface area contributed by atoms with E-state index in [9.17, 15) is 0 Å². The number of oxazole rings is 1. The summed E-state index contributed by atoms with van der Waals surface area (Å²) in [6.45, 7) is 1.94. The lowest BCUT2D eigenvalue weighted by Crippen LogP contribution is -1.79. The number of aryl methyl sites for hydroxylation is 1. The summed E-state index contributed by atoms with van der Waals surface area (Å²) in [5.74, 6) is 1.47. The highest BCUT2D eigenvalue weighted by molar-refractivity contribution is 5.68. The molecule has 0 aliphatic heterocycles. The largest absolute Gasteiger partial charge is 0.441 e. The molecule has 0 fully saturated rings. The summed E-state index contributed by atoms with van der Waals surface area (Å²) in [5.41, 5.74) is 3.11. The lowest BCUT2D eigenvalue weighted by molar-refractivity contribution is 0.517. The Morgan fingerprint density at radius 3 is 2.20 bits per heavy atom. The Labute approximate surface area is 118 Å². The van der Waals surface area contributed by atoms with Crippen LogP contribution in [0.4, 0.5) is 0 Å². The van der Waals surface area contributed by atoms with Gasteiger partial charge >= 0.3 is 0 Å². The topological polar surface area (TPSA) is 26.0 Å². The van der Waals surface area contributed by atoms with Crippen molar-refractivity contribution < 1.29 is 4.42 Å². The number of hydrogen-bond acceptors (Lipinski definition) is 2. The molecule has 0 amide bonds. The average Bonchev–Trinajstić information content (AvgIpc) is 2.88. The first-order valence-corrected chi connectivity index (χ1v) is 6.59. The SMILES string of the molecule is Cc1oc(/C=C/c2ccccc2)nc1-c1ccccc1. The van der Waals surface area contributed by atoms with E-state index in [1.54, 1.807) is 0 Å². The minimum Gasteiger partial charge on any atom is -0.441 e. The van der Waals surface area contributed by atoms with Gasteiger partial charge in [0.2, 0.25) is 5.89 Å². The molecule has 2 heteroatoms. The summed E-state index contributed by atoms with van der Waals surface area (Å²) in [4.78, 5) is 4.54. The van der Waals surface area contributed by atoms with Crippen LogP contribution < -0.4 is 0 Å². The van der Waals surface area contributed by atoms with E-state index in [2.05, 4.69) is 4.98 Å². The van der Waals surface area contributed by atoms with Crippen LogP contribution in [-0.4, -0.2) is 4.98 Å². The minimum absolute atomic E-state index is 0.630. The van der Waals surface area contributed by atoms with Gasteiger partial charge in [-0.15, -0.1) is 0 Å². The van der Waals surface area contributed by atoms with Gasteiger partial charge in [0, 0.05) is 11.6 Å². The van der Waals surface area contributed by atoms with Crippen molar-refractivity contribution in [3.63, 3.8) is 0 Å². The van der Waals surface area contributed by atoms with Crippen LogP contribution in [0.25, 0.3) is 23.4 Å². The fourth-order valence-corrected chi connectivity index (χ4v) is 2.08. The maximum Gasteiger partial charge on any atom is 0.219 e. The monoisotopic (exact) mass is 261 g/mol. The van der Waals surface area contributed by atoms with E-state index in [4.69, 9.17) is 4.42 Å². The number of rotatable bonds is 3. The van der Waals surface area contributed by atoms with Gasteiger partial charge in [-0.05, 0) is 18.6 Å². The maximum absolute atomic E-state index is 5.69. The molecule has 98 valence electrons. The standard InChI is InChI=1S/C18H15NO/c1-14-18(16-10-6-3-7-11-16)19-17(20-14)13-12-15-8-4-2-5-9-15/h2-13H,1H3/b13-12+. The van der Waals surface area contributed by atoms with Gasteiger partial charge in [-0.1, -0.05) is 60.7 Å². The highest BCUT2D eigenvalue weighted by Crippen LogP contribution is 2.23. The first kappa shape index (κ1) is 12.4. The van der Waals surface area contributed by atoms with Crippen LogP contribution in [-0.2, 0) is 0 Å². The van der Waals surface area contributed by atoms with Gasteiger partial charge in [0.05, 0.1) is 0 Å². The molecule has 1 aromatic heterocycles. The van der Waals surface area contributed by atoms with E-state index in [1.165, 1.54) is 0 Å². The van der Waals surface area contributed by atoms with Gasteiger partial charge in [0.25, 0.3) is 0 Å². The quantitative estimate of drug-likeness (QED) is 0.675. The summed E-state index contributed by atoms with van der Waals surface area (Å²) in [7, 11) is 0. The zero-order chi connectivity index (χ0) is 13.8. The predicted octanol–water partition coefficient (Wildman–Crippen LogP) is 4.82. The van der Waals surface area contributed by atoms with Crippen molar-refractivity contribution in [1.29, 1.82) is 0 Å². The number of aromatic nitrogens is 1. The van der Waals surface area contributed by atoms with E-state index in [0.717, 1.165) is 22.6 Å². The fourth-order valence-electron chi connectivity index (χ4n) is 2.08. The summed E-state index contributed by atoms with van der Waals surface area (Å²) >= 11 is 0. The molecule has 2 nitrogen and oxygen atoms in total. The van der Waals surface area contributed by atoms with Gasteiger partial charge in [0.15, 0.2) is 0 Å². The number of benzene rings is 2. The van der Waals surface area contributed by atoms with Crippen molar-refractivity contribution in [2.75, 3.05) is 0 Å². The van der Waals surface area contributed by atoms with Crippen molar-refractivity contribution in [2.45, 2.75) is 6.92 Å². The molecule has 3 rings (SSSR count). The molecule has 0 aliphatic rings. The molecule has 0 radical (unpaired) electrons. The van der Waals surface area contributed by atoms with Crippen LogP contribution in [0.5, 0.6) is 0 Å². The Balaban J connectivity index is 1.88. The third-order valence-electron chi connectivity index (χ3n) is 3.08. The summed E-state index contributed by atoms with van der Waals surface area (Å²) in [5, 5.41) is 0. The van der Waals surface area contributed by atoms with Gasteiger partial charge in [-0.25, -0.2) is 4.98 Å². The zero-order valence-corrected chi connectivity index (χ0v) is 11.3. The Morgan fingerprint density at radius 2 is 1.50 bits per heavy atom. The molecular formula is C18H15NO. The second-order valence-electron chi connectivity index (χ2n) is 4.57. The van der Waals surface area contributed by atoms with E-state index in [1.807, 2.05) is 79.7 Å². The number of hydrogen-bond donors (Lipinski definition) is 0. The van der Waals surface area contributed by atoms with Crippen molar-refractivity contribution in [2.24, 2.45) is 0 Å². The number of nitrogens with zero attached hydrogens (tertiary/aromatic N) is 1. The lowest BCUT2D eigenvalue weighted by Gasteiger charge is -1.94. The van der Waals surface area contributed by atoms with Gasteiger partial charge in [0.1, 0.15) is 11.5 Å². The van der Waals surface area contributed by atoms with E-state index in [-0.39, 0.29) is 0 Å². The highest BCUT2D eigenvalue weighted by Gasteiger charge is 2.09. The molecule has 0 bridgehead atoms. The van der Waals surface area contributed by atoms with Crippen LogP contribution in [0.2, 0.25) is 0 Å². The molecule has 20 heavy (non-hydrogen) atoms. The molecule has 0 N–H and O–H groups in total. The summed E-state index contributed by atoms with van der Waals surface area (Å²) in [6, 6.07) is 20.2. The van der Waals surface area contributed by atoms with Crippen LogP contribution in [0, 0.1) is 6.92 Å². The Hall–Kier alpha value is -2.61. The zero-order valence-electron chi connectivity index (χ0n) is 11.3. The normalized spacial score (nSPS) is 11.1. The maximum atomic E-state index is 5.69. The average molecular weight is 261 g/mol. The van der Waals surface area contributed by atoms with Crippen LogP contribution >= 0.6 is 0 Å². The van der Waals surface area contributed by atoms with Gasteiger partial charge < -0.3 is 4.42 Å². The molecular weight excluding hydrogens is 246 g/mol. The Morgan fingerprint density at radius 1 is 0.850 bits per heavy atom. The van der Waals surface area contributed by atoms with Crippen LogP contribution in [0.15, 0.2) is 65.1 Å². The van der Waals surface area contributed by atoms with Crippen molar-refractivity contribution in [1.82, 2.24) is 4.98 Å². The van der Waals surface area contributed by atoms with Crippen molar-refractivity contribution >= 4 is 12.2 Å². The second-order valence-corrected chi connectivity index (χ2v) is 4.57. The third-order valence-corrected chi connectivity index (χ3v) is 3.08. The van der Waals surface area contributed by atoms with Crippen molar-refractivity contribution in [3.05, 3.63) is 77.9 Å². The fraction of sp³-hybridized carbons (Fsp3) is 0.0556. The van der Waals surface area contributed by atoms with E-state index in [0.29, 0.717) is 5.89 Å². The Kier molecular flexibility index (Phi) is 3.46. The second kappa shape index (κ2) is 5.57. The molecule has 0 spiro atoms. The lowest BCUT2D eigenvalue weighted by atomic mass is 10.1. The van der Waals surface area contributed by atoms with Crippen LogP contribution in [0.3, 0.4) is 0 Å². The van der Waals surface area contributed by atoms with Crippen LogP contribution in [0.1, 0.15) is 17.2 Å². The molecule has 0 saturated heterocycles. The molecule has 0 atom stereocenters. The third kappa shape index (κ3) is 2.69. The predicted molar refractivity (Wildman–Crippen MR) is 82.0 cm³/mol. The molecule has 3 aromatic rings. The Bertz CT molecular complexity index is 712. The van der Waals surface area contributed by atoms with Gasteiger partial charge in [-0.2, -0.15) is 0 Å². The minimum atomic E-state index is 0.630. The molecule has 0 aliphatic carbocycles. The molecule has 0 unspecified atom stereocenters. The highest BCUT2D eigenvalue weighted by atomic mass is 16.4. The summed E-state index contributed by atoms with van der Waals surface area (Å²) < 4.78 is 5.69. The van der Waals surface area contributed by atoms with Crippen molar-refractivity contribution in [3.8, 4) is 11.3 Å². The first-order chi connectivity index (χ1) is 9.83. The molecule has 2 aromatic carbocycles. The summed E-state index contributed by atoms with van der Waals surface area (Å²) in [6.07, 6.45) is 3.90. The van der Waals surface area contributed by atoms with Gasteiger partial charge in [-0.3, -0.25) is 0 Å². The molecule has 0 saturated carbocycles. The van der Waals surface area contributed by atoms with E-state index >= 15 is 0 Å².